The minimum Gasteiger partial charge on any atom is -0.480 e. The van der Waals surface area contributed by atoms with Gasteiger partial charge in [-0.3, -0.25) is 0 Å². The summed E-state index contributed by atoms with van der Waals surface area (Å²) in [6, 6.07) is 7.14. The van der Waals surface area contributed by atoms with Crippen LogP contribution in [0.2, 0.25) is 0 Å². The number of aromatic nitrogens is 2. The van der Waals surface area contributed by atoms with Crippen molar-refractivity contribution in [3.8, 4) is 0 Å². The molecule has 0 aliphatic rings. The molecule has 0 bridgehead atoms. The van der Waals surface area contributed by atoms with Crippen molar-refractivity contribution in [2.45, 2.75) is 39.2 Å². The van der Waals surface area contributed by atoms with Crippen molar-refractivity contribution < 1.29 is 9.90 Å². The maximum Gasteiger partial charge on any atom is 0.326 e. The number of para-hydroxylation sites is 2. The maximum absolute atomic E-state index is 11.4. The quantitative estimate of drug-likeness (QED) is 0.901. The van der Waals surface area contributed by atoms with Crippen LogP contribution in [-0.4, -0.2) is 20.6 Å². The zero-order valence-electron chi connectivity index (χ0n) is 10.9. The van der Waals surface area contributed by atoms with Gasteiger partial charge in [0.2, 0.25) is 0 Å². The van der Waals surface area contributed by atoms with Crippen LogP contribution >= 0.6 is 0 Å². The molecule has 1 aromatic carbocycles. The van der Waals surface area contributed by atoms with Gasteiger partial charge in [0, 0.05) is 5.92 Å². The number of carbonyl (C=O) groups is 1. The molecule has 0 aliphatic heterocycles. The van der Waals surface area contributed by atoms with Crippen molar-refractivity contribution in [1.29, 1.82) is 0 Å². The van der Waals surface area contributed by atoms with Crippen LogP contribution < -0.4 is 0 Å². The number of hydrogen-bond acceptors (Lipinski definition) is 2. The lowest BCUT2D eigenvalue weighted by molar-refractivity contribution is -0.140. The maximum atomic E-state index is 11.4. The Morgan fingerprint density at radius 1 is 1.39 bits per heavy atom. The van der Waals surface area contributed by atoms with Gasteiger partial charge in [-0.15, -0.1) is 0 Å². The first-order valence-electron chi connectivity index (χ1n) is 6.26. The second kappa shape index (κ2) is 4.80. The molecule has 0 saturated carbocycles. The highest BCUT2D eigenvalue weighted by molar-refractivity contribution is 5.80. The molecule has 2 rings (SSSR count). The molecule has 1 aromatic heterocycles. The predicted molar refractivity (Wildman–Crippen MR) is 70.8 cm³/mol. The summed E-state index contributed by atoms with van der Waals surface area (Å²) < 4.78 is 1.86. The van der Waals surface area contributed by atoms with E-state index in [0.29, 0.717) is 6.42 Å². The highest BCUT2D eigenvalue weighted by atomic mass is 16.4. The van der Waals surface area contributed by atoms with Gasteiger partial charge in [-0.05, 0) is 18.6 Å². The van der Waals surface area contributed by atoms with Gasteiger partial charge in [-0.25, -0.2) is 9.78 Å². The van der Waals surface area contributed by atoms with Gasteiger partial charge in [0.05, 0.1) is 11.0 Å². The minimum absolute atomic E-state index is 0.200. The van der Waals surface area contributed by atoms with Gasteiger partial charge in [-0.1, -0.05) is 32.9 Å². The average molecular weight is 246 g/mol. The fourth-order valence-electron chi connectivity index (χ4n) is 2.27. The van der Waals surface area contributed by atoms with Crippen molar-refractivity contribution in [3.63, 3.8) is 0 Å². The standard InChI is InChI=1S/C14H18N2O2/c1-4-11(14(17)18)16-12-8-6-5-7-10(12)15-13(16)9(2)3/h5-9,11H,4H2,1-3H3,(H,17,18). The molecule has 2 aromatic rings. The highest BCUT2D eigenvalue weighted by Crippen LogP contribution is 2.27. The number of fused-ring (bicyclic) bond motifs is 1. The molecule has 96 valence electrons. The van der Waals surface area contributed by atoms with Crippen LogP contribution in [-0.2, 0) is 4.79 Å². The molecule has 1 N–H and O–H groups in total. The number of aliphatic carboxylic acids is 1. The van der Waals surface area contributed by atoms with E-state index in [-0.39, 0.29) is 5.92 Å². The second-order valence-electron chi connectivity index (χ2n) is 4.75. The van der Waals surface area contributed by atoms with Gasteiger partial charge >= 0.3 is 5.97 Å². The number of rotatable bonds is 4. The molecule has 0 aliphatic carbocycles. The molecule has 4 nitrogen and oxygen atoms in total. The summed E-state index contributed by atoms with van der Waals surface area (Å²) in [7, 11) is 0. The summed E-state index contributed by atoms with van der Waals surface area (Å²) in [5.74, 6) is 0.235. The largest absolute Gasteiger partial charge is 0.480 e. The Bertz CT molecular complexity index is 572. The fourth-order valence-corrected chi connectivity index (χ4v) is 2.27. The van der Waals surface area contributed by atoms with Crippen LogP contribution in [0.3, 0.4) is 0 Å². The molecule has 0 saturated heterocycles. The van der Waals surface area contributed by atoms with Crippen LogP contribution in [0.25, 0.3) is 11.0 Å². The van der Waals surface area contributed by atoms with Crippen LogP contribution in [0.5, 0.6) is 0 Å². The van der Waals surface area contributed by atoms with Crippen molar-refractivity contribution in [3.05, 3.63) is 30.1 Å². The lowest BCUT2D eigenvalue weighted by Crippen LogP contribution is -2.20. The Balaban J connectivity index is 2.72. The molecule has 1 unspecified atom stereocenters. The van der Waals surface area contributed by atoms with E-state index in [1.165, 1.54) is 0 Å². The lowest BCUT2D eigenvalue weighted by Gasteiger charge is -2.17. The number of imidazole rings is 1. The van der Waals surface area contributed by atoms with Crippen LogP contribution in [0, 0.1) is 0 Å². The third-order valence-corrected chi connectivity index (χ3v) is 3.12. The highest BCUT2D eigenvalue weighted by Gasteiger charge is 2.24. The number of benzene rings is 1. The zero-order chi connectivity index (χ0) is 13.3. The molecule has 0 fully saturated rings. The van der Waals surface area contributed by atoms with Crippen molar-refractivity contribution >= 4 is 17.0 Å². The first-order chi connectivity index (χ1) is 8.56. The van der Waals surface area contributed by atoms with Crippen LogP contribution in [0.1, 0.15) is 45.0 Å². The Hall–Kier alpha value is -1.84. The van der Waals surface area contributed by atoms with E-state index in [0.717, 1.165) is 16.9 Å². The van der Waals surface area contributed by atoms with E-state index in [1.807, 2.05) is 49.6 Å². The monoisotopic (exact) mass is 246 g/mol. The van der Waals surface area contributed by atoms with E-state index in [1.54, 1.807) is 0 Å². The molecule has 0 amide bonds. The molecule has 1 heterocycles. The molecular weight excluding hydrogens is 228 g/mol. The molecule has 1 atom stereocenters. The van der Waals surface area contributed by atoms with E-state index in [2.05, 4.69) is 4.98 Å². The van der Waals surface area contributed by atoms with E-state index in [4.69, 9.17) is 0 Å². The van der Waals surface area contributed by atoms with Gasteiger partial charge in [-0.2, -0.15) is 0 Å². The summed E-state index contributed by atoms with van der Waals surface area (Å²) >= 11 is 0. The number of carboxylic acid groups (broad SMARTS) is 1. The van der Waals surface area contributed by atoms with Gasteiger partial charge in [0.25, 0.3) is 0 Å². The number of nitrogens with zero attached hydrogens (tertiary/aromatic N) is 2. The Morgan fingerprint density at radius 3 is 2.61 bits per heavy atom. The topological polar surface area (TPSA) is 55.1 Å². The summed E-state index contributed by atoms with van der Waals surface area (Å²) in [4.78, 5) is 16.0. The third-order valence-electron chi connectivity index (χ3n) is 3.12. The smallest absolute Gasteiger partial charge is 0.326 e. The Labute approximate surface area is 106 Å². The fraction of sp³-hybridized carbons (Fsp3) is 0.429. The predicted octanol–water partition coefficient (Wildman–Crippen LogP) is 3.20. The Kier molecular flexibility index (Phi) is 3.36. The van der Waals surface area contributed by atoms with Gasteiger partial charge < -0.3 is 9.67 Å². The van der Waals surface area contributed by atoms with Crippen LogP contribution in [0.4, 0.5) is 0 Å². The normalized spacial score (nSPS) is 13.1. The van der Waals surface area contributed by atoms with Crippen molar-refractivity contribution in [2.24, 2.45) is 0 Å². The molecule has 18 heavy (non-hydrogen) atoms. The van der Waals surface area contributed by atoms with Crippen LogP contribution in [0.15, 0.2) is 24.3 Å². The lowest BCUT2D eigenvalue weighted by atomic mass is 10.1. The van der Waals surface area contributed by atoms with E-state index in [9.17, 15) is 9.90 Å². The molecule has 0 spiro atoms. The third kappa shape index (κ3) is 1.98. The Morgan fingerprint density at radius 2 is 2.06 bits per heavy atom. The number of hydrogen-bond donors (Lipinski definition) is 1. The van der Waals surface area contributed by atoms with Gasteiger partial charge in [0.15, 0.2) is 0 Å². The first kappa shape index (κ1) is 12.6. The summed E-state index contributed by atoms with van der Waals surface area (Å²) in [5, 5.41) is 9.36. The van der Waals surface area contributed by atoms with E-state index >= 15 is 0 Å². The molecule has 0 radical (unpaired) electrons. The van der Waals surface area contributed by atoms with Gasteiger partial charge in [0.1, 0.15) is 11.9 Å². The van der Waals surface area contributed by atoms with Crippen molar-refractivity contribution in [1.82, 2.24) is 9.55 Å². The first-order valence-corrected chi connectivity index (χ1v) is 6.26. The SMILES string of the molecule is CCC(C(=O)O)n1c(C(C)C)nc2ccccc21. The van der Waals surface area contributed by atoms with Crippen molar-refractivity contribution in [2.75, 3.05) is 0 Å². The zero-order valence-corrected chi connectivity index (χ0v) is 10.9. The average Bonchev–Trinajstić information content (AvgIpc) is 2.70. The second-order valence-corrected chi connectivity index (χ2v) is 4.75. The summed E-state index contributed by atoms with van der Waals surface area (Å²) in [6.45, 7) is 5.95. The number of carboxylic acids is 1. The summed E-state index contributed by atoms with van der Waals surface area (Å²) in [6.07, 6.45) is 0.551. The summed E-state index contributed by atoms with van der Waals surface area (Å²) in [5.41, 5.74) is 1.76. The van der Waals surface area contributed by atoms with E-state index < -0.39 is 12.0 Å². The molecule has 4 heteroatoms. The minimum atomic E-state index is -0.803. The molecular formula is C14H18N2O2.